The number of rotatable bonds is 1. The van der Waals surface area contributed by atoms with E-state index in [1.807, 2.05) is 6.07 Å². The van der Waals surface area contributed by atoms with E-state index in [4.69, 9.17) is 22.6 Å². The van der Waals surface area contributed by atoms with Crippen LogP contribution in [0.5, 0.6) is 0 Å². The average molecular weight is 236 g/mol. The molecule has 4 nitrogen and oxygen atoms in total. The van der Waals surface area contributed by atoms with Crippen molar-refractivity contribution in [3.63, 3.8) is 0 Å². The molecule has 1 heterocycles. The van der Waals surface area contributed by atoms with Gasteiger partial charge in [-0.05, 0) is 18.2 Å². The summed E-state index contributed by atoms with van der Waals surface area (Å²) in [5.74, 6) is -0.00623. The largest absolute Gasteiger partial charge is 0.326 e. The number of hydrogen-bond acceptors (Lipinski definition) is 3. The van der Waals surface area contributed by atoms with E-state index in [1.165, 1.54) is 0 Å². The van der Waals surface area contributed by atoms with Crippen LogP contribution in [-0.2, 0) is 4.79 Å². The Morgan fingerprint density at radius 3 is 2.81 bits per heavy atom. The van der Waals surface area contributed by atoms with E-state index in [0.29, 0.717) is 29.2 Å². The minimum atomic E-state index is -0.123. The summed E-state index contributed by atoms with van der Waals surface area (Å²) in [5.41, 5.74) is 6.80. The first kappa shape index (κ1) is 10.9. The highest BCUT2D eigenvalue weighted by Gasteiger charge is 2.28. The number of halogens is 1. The molecule has 1 saturated heterocycles. The van der Waals surface area contributed by atoms with Crippen molar-refractivity contribution >= 4 is 23.2 Å². The number of amides is 1. The highest BCUT2D eigenvalue weighted by molar-refractivity contribution is 6.32. The van der Waals surface area contributed by atoms with Crippen molar-refractivity contribution in [2.24, 2.45) is 5.73 Å². The van der Waals surface area contributed by atoms with Crippen molar-refractivity contribution in [3.05, 3.63) is 28.8 Å². The second kappa shape index (κ2) is 4.12. The first-order valence-electron chi connectivity index (χ1n) is 4.87. The topological polar surface area (TPSA) is 70.1 Å². The van der Waals surface area contributed by atoms with Gasteiger partial charge in [-0.25, -0.2) is 0 Å². The second-order valence-corrected chi connectivity index (χ2v) is 4.15. The van der Waals surface area contributed by atoms with Gasteiger partial charge >= 0.3 is 0 Å². The summed E-state index contributed by atoms with van der Waals surface area (Å²) >= 11 is 5.90. The van der Waals surface area contributed by atoms with Gasteiger partial charge in [0, 0.05) is 24.7 Å². The van der Waals surface area contributed by atoms with E-state index < -0.39 is 0 Å². The molecule has 0 radical (unpaired) electrons. The van der Waals surface area contributed by atoms with Crippen LogP contribution in [0.1, 0.15) is 12.0 Å². The van der Waals surface area contributed by atoms with Gasteiger partial charge in [0.15, 0.2) is 0 Å². The maximum Gasteiger partial charge on any atom is 0.228 e. The molecule has 0 saturated carbocycles. The van der Waals surface area contributed by atoms with E-state index in [0.717, 1.165) is 0 Å². The van der Waals surface area contributed by atoms with Gasteiger partial charge in [0.05, 0.1) is 10.6 Å². The molecule has 0 aromatic heterocycles. The van der Waals surface area contributed by atoms with Crippen LogP contribution in [0.3, 0.4) is 0 Å². The van der Waals surface area contributed by atoms with Gasteiger partial charge < -0.3 is 10.6 Å². The predicted molar refractivity (Wildman–Crippen MR) is 61.1 cm³/mol. The Kier molecular flexibility index (Phi) is 2.82. The van der Waals surface area contributed by atoms with Crippen molar-refractivity contribution in [2.75, 3.05) is 11.4 Å². The summed E-state index contributed by atoms with van der Waals surface area (Å²) in [6.45, 7) is 0.501. The van der Waals surface area contributed by atoms with Gasteiger partial charge in [-0.2, -0.15) is 5.26 Å². The third kappa shape index (κ3) is 1.87. The molecule has 1 unspecified atom stereocenters. The molecule has 2 N–H and O–H groups in total. The fourth-order valence-corrected chi connectivity index (χ4v) is 1.96. The van der Waals surface area contributed by atoms with E-state index in [2.05, 4.69) is 0 Å². The number of anilines is 1. The number of nitriles is 1. The first-order chi connectivity index (χ1) is 7.61. The van der Waals surface area contributed by atoms with Gasteiger partial charge in [-0.3, -0.25) is 4.79 Å². The number of nitrogens with zero attached hydrogens (tertiary/aromatic N) is 2. The molecule has 1 amide bonds. The molecular formula is C11H10ClN3O. The predicted octanol–water partition coefficient (Wildman–Crippen LogP) is 1.28. The fourth-order valence-electron chi connectivity index (χ4n) is 1.75. The molecule has 1 aromatic rings. The van der Waals surface area contributed by atoms with E-state index in [1.54, 1.807) is 23.1 Å². The zero-order valence-electron chi connectivity index (χ0n) is 8.48. The smallest absolute Gasteiger partial charge is 0.228 e. The van der Waals surface area contributed by atoms with Gasteiger partial charge in [0.25, 0.3) is 0 Å². The molecule has 1 aliphatic heterocycles. The lowest BCUT2D eigenvalue weighted by Gasteiger charge is -2.16. The maximum absolute atomic E-state index is 11.6. The monoisotopic (exact) mass is 235 g/mol. The molecule has 1 atom stereocenters. The van der Waals surface area contributed by atoms with Crippen molar-refractivity contribution < 1.29 is 4.79 Å². The van der Waals surface area contributed by atoms with Crippen LogP contribution in [0.15, 0.2) is 18.2 Å². The quantitative estimate of drug-likeness (QED) is 0.797. The fraction of sp³-hybridized carbons (Fsp3) is 0.273. The van der Waals surface area contributed by atoms with Gasteiger partial charge in [-0.15, -0.1) is 0 Å². The minimum Gasteiger partial charge on any atom is -0.326 e. The SMILES string of the molecule is N#Cc1ccc(N2CC(N)CC2=O)cc1Cl. The van der Waals surface area contributed by atoms with Gasteiger partial charge in [0.2, 0.25) is 5.91 Å². The summed E-state index contributed by atoms with van der Waals surface area (Å²) in [5, 5.41) is 9.09. The zero-order chi connectivity index (χ0) is 11.7. The van der Waals surface area contributed by atoms with Crippen molar-refractivity contribution in [3.8, 4) is 6.07 Å². The Labute approximate surface area is 98.2 Å². The molecule has 1 aromatic carbocycles. The summed E-state index contributed by atoms with van der Waals surface area (Å²) in [7, 11) is 0. The molecule has 2 rings (SSSR count). The standard InChI is InChI=1S/C11H10ClN3O/c12-10-4-9(2-1-7(10)5-13)15-6-8(14)3-11(15)16/h1-2,4,8H,3,6,14H2. The molecule has 16 heavy (non-hydrogen) atoms. The first-order valence-corrected chi connectivity index (χ1v) is 5.25. The normalized spacial score (nSPS) is 19.9. The minimum absolute atomic E-state index is 0.00623. The van der Waals surface area contributed by atoms with Crippen molar-refractivity contribution in [1.82, 2.24) is 0 Å². The van der Waals surface area contributed by atoms with Crippen LogP contribution in [0, 0.1) is 11.3 Å². The number of nitrogens with two attached hydrogens (primary N) is 1. The molecule has 1 aliphatic rings. The number of carbonyl (C=O) groups excluding carboxylic acids is 1. The van der Waals surface area contributed by atoms with E-state index >= 15 is 0 Å². The number of carbonyl (C=O) groups is 1. The van der Waals surface area contributed by atoms with Gasteiger partial charge in [-0.1, -0.05) is 11.6 Å². The van der Waals surface area contributed by atoms with Crippen molar-refractivity contribution in [2.45, 2.75) is 12.5 Å². The van der Waals surface area contributed by atoms with E-state index in [-0.39, 0.29) is 11.9 Å². The molecule has 0 spiro atoms. The summed E-state index contributed by atoms with van der Waals surface area (Å²) in [4.78, 5) is 13.2. The average Bonchev–Trinajstić information content (AvgIpc) is 2.58. The van der Waals surface area contributed by atoms with Crippen LogP contribution in [0.2, 0.25) is 5.02 Å². The van der Waals surface area contributed by atoms with Gasteiger partial charge in [0.1, 0.15) is 6.07 Å². The zero-order valence-corrected chi connectivity index (χ0v) is 9.24. The van der Waals surface area contributed by atoms with Crippen LogP contribution < -0.4 is 10.6 Å². The highest BCUT2D eigenvalue weighted by atomic mass is 35.5. The Bertz CT molecular complexity index is 481. The Balaban J connectivity index is 2.32. The van der Waals surface area contributed by atoms with Crippen LogP contribution in [-0.4, -0.2) is 18.5 Å². The Morgan fingerprint density at radius 1 is 1.56 bits per heavy atom. The Hall–Kier alpha value is -1.57. The summed E-state index contributed by atoms with van der Waals surface area (Å²) in [6, 6.07) is 6.79. The second-order valence-electron chi connectivity index (χ2n) is 3.74. The lowest BCUT2D eigenvalue weighted by atomic mass is 10.2. The van der Waals surface area contributed by atoms with Crippen LogP contribution >= 0.6 is 11.6 Å². The summed E-state index contributed by atoms with van der Waals surface area (Å²) in [6.07, 6.45) is 0.359. The highest BCUT2D eigenvalue weighted by Crippen LogP contribution is 2.26. The molecule has 0 aliphatic carbocycles. The van der Waals surface area contributed by atoms with Crippen LogP contribution in [0.25, 0.3) is 0 Å². The van der Waals surface area contributed by atoms with Crippen molar-refractivity contribution in [1.29, 1.82) is 5.26 Å². The Morgan fingerprint density at radius 2 is 2.31 bits per heavy atom. The maximum atomic E-state index is 11.6. The lowest BCUT2D eigenvalue weighted by molar-refractivity contribution is -0.117. The molecule has 1 fully saturated rings. The molecule has 0 bridgehead atoms. The van der Waals surface area contributed by atoms with E-state index in [9.17, 15) is 4.79 Å². The van der Waals surface area contributed by atoms with Crippen LogP contribution in [0.4, 0.5) is 5.69 Å². The molecule has 5 heteroatoms. The molecule has 82 valence electrons. The third-order valence-electron chi connectivity index (χ3n) is 2.54. The number of hydrogen-bond donors (Lipinski definition) is 1. The number of benzene rings is 1. The molecular weight excluding hydrogens is 226 g/mol. The summed E-state index contributed by atoms with van der Waals surface area (Å²) < 4.78 is 0. The third-order valence-corrected chi connectivity index (χ3v) is 2.85. The lowest BCUT2D eigenvalue weighted by Crippen LogP contribution is -2.27.